The molecule has 0 saturated heterocycles. The van der Waals surface area contributed by atoms with Gasteiger partial charge in [0.1, 0.15) is 0 Å². The largest absolute Gasteiger partial charge is 0.354 e. The third-order valence-corrected chi connectivity index (χ3v) is 1.61. The van der Waals surface area contributed by atoms with E-state index in [1.807, 2.05) is 6.92 Å². The van der Waals surface area contributed by atoms with E-state index in [9.17, 15) is 0 Å². The average Bonchev–Trinajstić information content (AvgIpc) is 2.07. The number of hydrogen-bond acceptors (Lipinski definition) is 3. The molecule has 3 heteroatoms. The molecule has 0 aromatic heterocycles. The maximum atomic E-state index is 5.10. The van der Waals surface area contributed by atoms with Crippen LogP contribution >= 0.6 is 0 Å². The zero-order valence-corrected chi connectivity index (χ0v) is 7.96. The Kier molecular flexibility index (Phi) is 6.78. The summed E-state index contributed by atoms with van der Waals surface area (Å²) < 4.78 is 10.1. The quantitative estimate of drug-likeness (QED) is 0.361. The summed E-state index contributed by atoms with van der Waals surface area (Å²) in [4.78, 5) is 0. The molecule has 1 N–H and O–H groups in total. The van der Waals surface area contributed by atoms with E-state index < -0.39 is 0 Å². The first-order chi connectivity index (χ1) is 5.76. The highest BCUT2D eigenvalue weighted by atomic mass is 16.7. The SMILES string of the molecule is C#CCCNC(C)C(OC)OC. The lowest BCUT2D eigenvalue weighted by Gasteiger charge is -2.21. The molecule has 3 nitrogen and oxygen atoms in total. The molecule has 0 aromatic rings. The summed E-state index contributed by atoms with van der Waals surface area (Å²) in [6.07, 6.45) is 5.62. The highest BCUT2D eigenvalue weighted by Crippen LogP contribution is 1.97. The Balaban J connectivity index is 3.55. The number of terminal acetylenes is 1. The molecule has 70 valence electrons. The van der Waals surface area contributed by atoms with Crippen molar-refractivity contribution in [1.82, 2.24) is 5.32 Å². The van der Waals surface area contributed by atoms with Crippen LogP contribution in [0.5, 0.6) is 0 Å². The molecule has 0 aliphatic rings. The van der Waals surface area contributed by atoms with Crippen LogP contribution in [0.3, 0.4) is 0 Å². The minimum Gasteiger partial charge on any atom is -0.354 e. The molecule has 0 radical (unpaired) electrons. The Morgan fingerprint density at radius 1 is 1.42 bits per heavy atom. The summed E-state index contributed by atoms with van der Waals surface area (Å²) in [6.45, 7) is 2.79. The molecule has 0 rings (SSSR count). The van der Waals surface area contributed by atoms with Gasteiger partial charge in [-0.3, -0.25) is 0 Å². The second kappa shape index (κ2) is 7.11. The summed E-state index contributed by atoms with van der Waals surface area (Å²) in [5.74, 6) is 2.55. The Hall–Kier alpha value is -0.560. The molecular formula is C9H17NO2. The molecule has 0 saturated carbocycles. The molecule has 0 heterocycles. The van der Waals surface area contributed by atoms with E-state index >= 15 is 0 Å². The topological polar surface area (TPSA) is 30.5 Å². The summed E-state index contributed by atoms with van der Waals surface area (Å²) in [6, 6.07) is 0.161. The van der Waals surface area contributed by atoms with E-state index in [1.54, 1.807) is 14.2 Å². The number of rotatable bonds is 6. The van der Waals surface area contributed by atoms with E-state index in [0.29, 0.717) is 0 Å². The fourth-order valence-electron chi connectivity index (χ4n) is 0.973. The van der Waals surface area contributed by atoms with Crippen molar-refractivity contribution in [2.24, 2.45) is 0 Å². The first-order valence-corrected chi connectivity index (χ1v) is 3.98. The summed E-state index contributed by atoms with van der Waals surface area (Å²) in [5.41, 5.74) is 0. The molecule has 0 amide bonds. The smallest absolute Gasteiger partial charge is 0.171 e. The molecule has 0 fully saturated rings. The fourth-order valence-corrected chi connectivity index (χ4v) is 0.973. The van der Waals surface area contributed by atoms with Gasteiger partial charge in [0.15, 0.2) is 6.29 Å². The van der Waals surface area contributed by atoms with Crippen LogP contribution in [0.15, 0.2) is 0 Å². The normalized spacial score (nSPS) is 12.9. The van der Waals surface area contributed by atoms with Gasteiger partial charge in [-0.25, -0.2) is 0 Å². The van der Waals surface area contributed by atoms with Gasteiger partial charge in [-0.1, -0.05) is 0 Å². The molecule has 12 heavy (non-hydrogen) atoms. The van der Waals surface area contributed by atoms with Crippen LogP contribution in [-0.4, -0.2) is 33.1 Å². The van der Waals surface area contributed by atoms with Crippen molar-refractivity contribution in [2.75, 3.05) is 20.8 Å². The van der Waals surface area contributed by atoms with E-state index in [2.05, 4.69) is 11.2 Å². The Morgan fingerprint density at radius 3 is 2.42 bits per heavy atom. The Morgan fingerprint density at radius 2 is 2.00 bits per heavy atom. The minimum absolute atomic E-state index is 0.161. The second-order valence-corrected chi connectivity index (χ2v) is 2.54. The van der Waals surface area contributed by atoms with E-state index in [0.717, 1.165) is 13.0 Å². The van der Waals surface area contributed by atoms with Crippen LogP contribution in [0.2, 0.25) is 0 Å². The van der Waals surface area contributed by atoms with Gasteiger partial charge in [0, 0.05) is 27.2 Å². The van der Waals surface area contributed by atoms with Gasteiger partial charge in [0.2, 0.25) is 0 Å². The third kappa shape index (κ3) is 4.35. The highest BCUT2D eigenvalue weighted by molar-refractivity contribution is 4.84. The van der Waals surface area contributed by atoms with Crippen molar-refractivity contribution < 1.29 is 9.47 Å². The lowest BCUT2D eigenvalue weighted by Crippen LogP contribution is -2.39. The van der Waals surface area contributed by atoms with Gasteiger partial charge < -0.3 is 14.8 Å². The number of nitrogens with one attached hydrogen (secondary N) is 1. The summed E-state index contributed by atoms with van der Waals surface area (Å²) in [5, 5.41) is 3.19. The molecule has 0 aliphatic carbocycles. The van der Waals surface area contributed by atoms with E-state index in [4.69, 9.17) is 15.9 Å². The molecule has 1 atom stereocenters. The molecule has 0 aromatic carbocycles. The lowest BCUT2D eigenvalue weighted by molar-refractivity contribution is -0.119. The monoisotopic (exact) mass is 171 g/mol. The van der Waals surface area contributed by atoms with Crippen LogP contribution in [0.4, 0.5) is 0 Å². The van der Waals surface area contributed by atoms with Crippen LogP contribution in [0.1, 0.15) is 13.3 Å². The maximum absolute atomic E-state index is 5.10. The zero-order chi connectivity index (χ0) is 9.40. The zero-order valence-electron chi connectivity index (χ0n) is 7.96. The number of hydrogen-bond donors (Lipinski definition) is 1. The predicted molar refractivity (Wildman–Crippen MR) is 48.7 cm³/mol. The van der Waals surface area contributed by atoms with Crippen LogP contribution in [0, 0.1) is 12.3 Å². The second-order valence-electron chi connectivity index (χ2n) is 2.54. The number of methoxy groups -OCH3 is 2. The molecule has 0 aliphatic heterocycles. The Labute approximate surface area is 74.4 Å². The van der Waals surface area contributed by atoms with Crippen molar-refractivity contribution >= 4 is 0 Å². The van der Waals surface area contributed by atoms with Crippen molar-refractivity contribution in [3.05, 3.63) is 0 Å². The van der Waals surface area contributed by atoms with Crippen molar-refractivity contribution in [3.63, 3.8) is 0 Å². The van der Waals surface area contributed by atoms with Gasteiger partial charge in [-0.05, 0) is 6.92 Å². The van der Waals surface area contributed by atoms with Gasteiger partial charge in [0.05, 0.1) is 6.04 Å². The maximum Gasteiger partial charge on any atom is 0.171 e. The van der Waals surface area contributed by atoms with Crippen LogP contribution in [-0.2, 0) is 9.47 Å². The highest BCUT2D eigenvalue weighted by Gasteiger charge is 2.13. The van der Waals surface area contributed by atoms with Gasteiger partial charge in [0.25, 0.3) is 0 Å². The first kappa shape index (κ1) is 11.4. The first-order valence-electron chi connectivity index (χ1n) is 3.98. The predicted octanol–water partition coefficient (Wildman–Crippen LogP) is 0.607. The number of ether oxygens (including phenoxy) is 2. The Bertz CT molecular complexity index is 138. The van der Waals surface area contributed by atoms with Crippen molar-refractivity contribution in [2.45, 2.75) is 25.7 Å². The summed E-state index contributed by atoms with van der Waals surface area (Å²) in [7, 11) is 3.24. The lowest BCUT2D eigenvalue weighted by atomic mass is 10.3. The molecular weight excluding hydrogens is 154 g/mol. The van der Waals surface area contributed by atoms with Gasteiger partial charge in [-0.2, -0.15) is 0 Å². The third-order valence-electron chi connectivity index (χ3n) is 1.61. The molecule has 0 spiro atoms. The fraction of sp³-hybridized carbons (Fsp3) is 0.778. The standard InChI is InChI=1S/C9H17NO2/c1-5-6-7-10-8(2)9(11-3)12-4/h1,8-10H,6-7H2,2-4H3. The van der Waals surface area contributed by atoms with Crippen LogP contribution < -0.4 is 5.32 Å². The van der Waals surface area contributed by atoms with Gasteiger partial charge >= 0.3 is 0 Å². The van der Waals surface area contributed by atoms with E-state index in [1.165, 1.54) is 0 Å². The summed E-state index contributed by atoms with van der Waals surface area (Å²) >= 11 is 0. The van der Waals surface area contributed by atoms with Crippen LogP contribution in [0.25, 0.3) is 0 Å². The van der Waals surface area contributed by atoms with Gasteiger partial charge in [-0.15, -0.1) is 12.3 Å². The van der Waals surface area contributed by atoms with Crippen molar-refractivity contribution in [1.29, 1.82) is 0 Å². The molecule has 0 bridgehead atoms. The average molecular weight is 171 g/mol. The minimum atomic E-state index is -0.206. The molecule has 1 unspecified atom stereocenters. The van der Waals surface area contributed by atoms with Crippen molar-refractivity contribution in [3.8, 4) is 12.3 Å². The van der Waals surface area contributed by atoms with E-state index in [-0.39, 0.29) is 12.3 Å².